The van der Waals surface area contributed by atoms with Crippen molar-refractivity contribution in [3.63, 3.8) is 0 Å². The number of hydrogen-bond acceptors (Lipinski definition) is 1. The van der Waals surface area contributed by atoms with Gasteiger partial charge in [0.2, 0.25) is 0 Å². The summed E-state index contributed by atoms with van der Waals surface area (Å²) in [4.78, 5) is 0. The van der Waals surface area contributed by atoms with Crippen LogP contribution in [0.3, 0.4) is 0 Å². The molecule has 0 aliphatic heterocycles. The molecule has 1 unspecified atom stereocenters. The fourth-order valence-corrected chi connectivity index (χ4v) is 1.45. The lowest BCUT2D eigenvalue weighted by Gasteiger charge is -2.14. The van der Waals surface area contributed by atoms with Crippen molar-refractivity contribution in [2.75, 3.05) is 0 Å². The van der Waals surface area contributed by atoms with Gasteiger partial charge in [-0.15, -0.1) is 0 Å². The van der Waals surface area contributed by atoms with Crippen LogP contribution in [0.5, 0.6) is 0 Å². The van der Waals surface area contributed by atoms with Crippen molar-refractivity contribution in [3.05, 3.63) is 34.4 Å². The van der Waals surface area contributed by atoms with Gasteiger partial charge in [0.25, 0.3) is 0 Å². The molecule has 2 N–H and O–H groups in total. The summed E-state index contributed by atoms with van der Waals surface area (Å²) in [6, 6.07) is 0.196. The number of halogens is 6. The molecule has 0 aromatic heterocycles. The Kier molecular flexibility index (Phi) is 4.32. The van der Waals surface area contributed by atoms with Crippen molar-refractivity contribution < 1.29 is 22.0 Å². The van der Waals surface area contributed by atoms with E-state index >= 15 is 0 Å². The monoisotopic (exact) mass is 273 g/mol. The Bertz CT molecular complexity index is 404. The lowest BCUT2D eigenvalue weighted by Crippen LogP contribution is -2.17. The second-order valence-electron chi connectivity index (χ2n) is 3.55. The molecule has 1 aromatic carbocycles. The molecule has 0 saturated carbocycles. The lowest BCUT2D eigenvalue weighted by atomic mass is 10.0. The number of alkyl halides is 3. The Labute approximate surface area is 99.4 Å². The molecule has 0 saturated heterocycles. The van der Waals surface area contributed by atoms with Gasteiger partial charge in [-0.25, -0.2) is 8.78 Å². The molecule has 0 amide bonds. The third kappa shape index (κ3) is 4.12. The quantitative estimate of drug-likeness (QED) is 0.655. The second-order valence-corrected chi connectivity index (χ2v) is 3.96. The fourth-order valence-electron chi connectivity index (χ4n) is 1.30. The maximum atomic E-state index is 13.3. The Morgan fingerprint density at radius 2 is 1.76 bits per heavy atom. The molecule has 1 nitrogen and oxygen atoms in total. The van der Waals surface area contributed by atoms with Crippen LogP contribution < -0.4 is 5.73 Å². The first-order valence-corrected chi connectivity index (χ1v) is 5.05. The summed E-state index contributed by atoms with van der Waals surface area (Å²) >= 11 is 5.30. The van der Waals surface area contributed by atoms with Gasteiger partial charge in [-0.05, 0) is 18.6 Å². The molecule has 0 aliphatic rings. The van der Waals surface area contributed by atoms with E-state index in [2.05, 4.69) is 0 Å². The van der Waals surface area contributed by atoms with Crippen LogP contribution >= 0.6 is 11.6 Å². The third-order valence-corrected chi connectivity index (χ3v) is 2.47. The maximum Gasteiger partial charge on any atom is 0.389 e. The highest BCUT2D eigenvalue weighted by molar-refractivity contribution is 6.30. The van der Waals surface area contributed by atoms with E-state index < -0.39 is 41.7 Å². The fraction of sp³-hybridized carbons (Fsp3) is 0.400. The molecule has 0 heterocycles. The molecule has 1 atom stereocenters. The molecule has 0 spiro atoms. The first-order valence-electron chi connectivity index (χ1n) is 4.67. The third-order valence-electron chi connectivity index (χ3n) is 2.18. The average Bonchev–Trinajstić information content (AvgIpc) is 2.19. The molecule has 17 heavy (non-hydrogen) atoms. The van der Waals surface area contributed by atoms with Crippen LogP contribution in [0.4, 0.5) is 22.0 Å². The highest BCUT2D eigenvalue weighted by Gasteiger charge is 2.28. The van der Waals surface area contributed by atoms with Crippen LogP contribution in [-0.4, -0.2) is 6.18 Å². The van der Waals surface area contributed by atoms with Gasteiger partial charge < -0.3 is 5.73 Å². The molecular formula is C10H9ClF5N. The van der Waals surface area contributed by atoms with Crippen molar-refractivity contribution >= 4 is 11.6 Å². The SMILES string of the molecule is NC(CCC(F)(F)F)c1cc(F)c(Cl)cc1F. The van der Waals surface area contributed by atoms with E-state index in [0.717, 1.165) is 6.07 Å². The lowest BCUT2D eigenvalue weighted by molar-refractivity contribution is -0.136. The van der Waals surface area contributed by atoms with Gasteiger partial charge in [0.1, 0.15) is 11.6 Å². The van der Waals surface area contributed by atoms with Crippen molar-refractivity contribution in [3.8, 4) is 0 Å². The minimum absolute atomic E-state index is 0.309. The number of rotatable bonds is 3. The Morgan fingerprint density at radius 1 is 1.18 bits per heavy atom. The van der Waals surface area contributed by atoms with Gasteiger partial charge in [-0.2, -0.15) is 13.2 Å². The van der Waals surface area contributed by atoms with Crippen molar-refractivity contribution in [2.45, 2.75) is 25.1 Å². The standard InChI is InChI=1S/C10H9ClF5N/c11-6-4-7(12)5(3-8(6)13)9(17)1-2-10(14,15)16/h3-4,9H,1-2,17H2. The summed E-state index contributed by atoms with van der Waals surface area (Å²) < 4.78 is 62.1. The molecule has 0 radical (unpaired) electrons. The highest BCUT2D eigenvalue weighted by atomic mass is 35.5. The van der Waals surface area contributed by atoms with Crippen molar-refractivity contribution in [2.24, 2.45) is 5.73 Å². The maximum absolute atomic E-state index is 13.3. The first-order chi connectivity index (χ1) is 7.70. The Hall–Kier alpha value is -0.880. The molecule has 0 aliphatic carbocycles. The molecule has 1 rings (SSSR count). The summed E-state index contributed by atoms with van der Waals surface area (Å²) in [5.41, 5.74) is 5.06. The molecule has 0 bridgehead atoms. The summed E-state index contributed by atoms with van der Waals surface area (Å²) in [6.45, 7) is 0. The predicted octanol–water partition coefficient (Wildman–Crippen LogP) is 3.96. The zero-order valence-corrected chi connectivity index (χ0v) is 9.25. The second kappa shape index (κ2) is 5.18. The predicted molar refractivity (Wildman–Crippen MR) is 53.6 cm³/mol. The summed E-state index contributed by atoms with van der Waals surface area (Å²) in [5, 5.41) is -0.436. The highest BCUT2D eigenvalue weighted by Crippen LogP contribution is 2.29. The van der Waals surface area contributed by atoms with E-state index in [4.69, 9.17) is 17.3 Å². The van der Waals surface area contributed by atoms with Crippen molar-refractivity contribution in [1.29, 1.82) is 0 Å². The normalized spacial score (nSPS) is 13.8. The molecule has 96 valence electrons. The summed E-state index contributed by atoms with van der Waals surface area (Å²) in [6.07, 6.45) is -6.04. The van der Waals surface area contributed by atoms with E-state index in [-0.39, 0.29) is 5.56 Å². The number of nitrogens with two attached hydrogens (primary N) is 1. The minimum atomic E-state index is -4.38. The van der Waals surface area contributed by atoms with Gasteiger partial charge in [0.15, 0.2) is 0 Å². The minimum Gasteiger partial charge on any atom is -0.324 e. The molecule has 7 heteroatoms. The van der Waals surface area contributed by atoms with Crippen LogP contribution in [0.25, 0.3) is 0 Å². The zero-order valence-electron chi connectivity index (χ0n) is 8.49. The van der Waals surface area contributed by atoms with Gasteiger partial charge in [-0.3, -0.25) is 0 Å². The first kappa shape index (κ1) is 14.2. The molecule has 0 fully saturated rings. The van der Waals surface area contributed by atoms with E-state index in [1.54, 1.807) is 0 Å². The summed E-state index contributed by atoms with van der Waals surface area (Å²) in [5.74, 6) is -1.82. The van der Waals surface area contributed by atoms with E-state index in [1.807, 2.05) is 0 Å². The van der Waals surface area contributed by atoms with Crippen LogP contribution in [0.15, 0.2) is 12.1 Å². The number of hydrogen-bond donors (Lipinski definition) is 1. The van der Waals surface area contributed by atoms with Crippen LogP contribution in [0.2, 0.25) is 5.02 Å². The Balaban J connectivity index is 2.82. The van der Waals surface area contributed by atoms with Gasteiger partial charge in [0, 0.05) is 18.0 Å². The molecule has 1 aromatic rings. The molecular weight excluding hydrogens is 265 g/mol. The van der Waals surface area contributed by atoms with Gasteiger partial charge >= 0.3 is 6.18 Å². The van der Waals surface area contributed by atoms with E-state index in [1.165, 1.54) is 0 Å². The van der Waals surface area contributed by atoms with Gasteiger partial charge in [0.05, 0.1) is 5.02 Å². The topological polar surface area (TPSA) is 26.0 Å². The van der Waals surface area contributed by atoms with E-state index in [9.17, 15) is 22.0 Å². The van der Waals surface area contributed by atoms with Crippen LogP contribution in [0.1, 0.15) is 24.4 Å². The van der Waals surface area contributed by atoms with E-state index in [0.29, 0.717) is 6.07 Å². The summed E-state index contributed by atoms with van der Waals surface area (Å²) in [7, 11) is 0. The van der Waals surface area contributed by atoms with Crippen molar-refractivity contribution in [1.82, 2.24) is 0 Å². The van der Waals surface area contributed by atoms with Crippen LogP contribution in [0, 0.1) is 11.6 Å². The average molecular weight is 274 g/mol. The smallest absolute Gasteiger partial charge is 0.324 e. The van der Waals surface area contributed by atoms with Crippen LogP contribution in [-0.2, 0) is 0 Å². The Morgan fingerprint density at radius 3 is 2.29 bits per heavy atom. The van der Waals surface area contributed by atoms with Gasteiger partial charge in [-0.1, -0.05) is 11.6 Å². The zero-order chi connectivity index (χ0) is 13.2. The number of benzene rings is 1. The largest absolute Gasteiger partial charge is 0.389 e.